The number of hydrogen-bond acceptors (Lipinski definition) is 1. The maximum absolute atomic E-state index is 13.9. The van der Waals surface area contributed by atoms with Gasteiger partial charge in [0.25, 0.3) is 0 Å². The third kappa shape index (κ3) is 3.47. The van der Waals surface area contributed by atoms with Crippen molar-refractivity contribution in [3.63, 3.8) is 0 Å². The SMILES string of the molecule is CC(C)c1ccc(CC(O)c2cccc(Br)c2F)cc1. The molecule has 0 aliphatic rings. The molecule has 0 saturated heterocycles. The fraction of sp³-hybridized carbons (Fsp3) is 0.294. The van der Waals surface area contributed by atoms with Crippen molar-refractivity contribution in [1.29, 1.82) is 0 Å². The van der Waals surface area contributed by atoms with Crippen molar-refractivity contribution < 1.29 is 9.50 Å². The predicted octanol–water partition coefficient (Wildman–Crippen LogP) is 4.99. The first kappa shape index (κ1) is 15.2. The molecule has 0 spiro atoms. The van der Waals surface area contributed by atoms with Crippen LogP contribution in [0.3, 0.4) is 0 Å². The molecule has 2 rings (SSSR count). The lowest BCUT2D eigenvalue weighted by molar-refractivity contribution is 0.173. The van der Waals surface area contributed by atoms with Crippen LogP contribution in [0.1, 0.15) is 42.6 Å². The Balaban J connectivity index is 2.15. The van der Waals surface area contributed by atoms with Crippen molar-refractivity contribution in [3.05, 3.63) is 69.4 Å². The van der Waals surface area contributed by atoms with Gasteiger partial charge in [-0.15, -0.1) is 0 Å². The van der Waals surface area contributed by atoms with Crippen molar-refractivity contribution >= 4 is 15.9 Å². The Labute approximate surface area is 127 Å². The summed E-state index contributed by atoms with van der Waals surface area (Å²) < 4.78 is 14.3. The number of aliphatic hydroxyl groups is 1. The van der Waals surface area contributed by atoms with E-state index in [4.69, 9.17) is 0 Å². The predicted molar refractivity (Wildman–Crippen MR) is 83.3 cm³/mol. The molecule has 0 aliphatic heterocycles. The van der Waals surface area contributed by atoms with E-state index in [0.717, 1.165) is 5.56 Å². The van der Waals surface area contributed by atoms with Crippen LogP contribution < -0.4 is 0 Å². The molecule has 1 unspecified atom stereocenters. The first-order chi connectivity index (χ1) is 9.49. The lowest BCUT2D eigenvalue weighted by atomic mass is 9.97. The van der Waals surface area contributed by atoms with Crippen LogP contribution in [0.2, 0.25) is 0 Å². The normalized spacial score (nSPS) is 12.7. The number of rotatable bonds is 4. The van der Waals surface area contributed by atoms with Crippen LogP contribution in [0.15, 0.2) is 46.9 Å². The summed E-state index contributed by atoms with van der Waals surface area (Å²) in [6.45, 7) is 4.28. The van der Waals surface area contributed by atoms with E-state index in [2.05, 4.69) is 41.9 Å². The van der Waals surface area contributed by atoms with Gasteiger partial charge in [-0.25, -0.2) is 4.39 Å². The standard InChI is InChI=1S/C17H18BrFO/c1-11(2)13-8-6-12(7-9-13)10-16(20)14-4-3-5-15(18)17(14)19/h3-9,11,16,20H,10H2,1-2H3. The van der Waals surface area contributed by atoms with Gasteiger partial charge in [-0.3, -0.25) is 0 Å². The molecular formula is C17H18BrFO. The highest BCUT2D eigenvalue weighted by Gasteiger charge is 2.15. The second kappa shape index (κ2) is 6.51. The quantitative estimate of drug-likeness (QED) is 0.833. The van der Waals surface area contributed by atoms with Gasteiger partial charge in [-0.05, 0) is 39.0 Å². The van der Waals surface area contributed by atoms with Gasteiger partial charge in [0.2, 0.25) is 0 Å². The zero-order chi connectivity index (χ0) is 14.7. The van der Waals surface area contributed by atoms with Crippen molar-refractivity contribution in [1.82, 2.24) is 0 Å². The minimum absolute atomic E-state index is 0.326. The largest absolute Gasteiger partial charge is 0.388 e. The van der Waals surface area contributed by atoms with E-state index in [1.54, 1.807) is 18.2 Å². The second-order valence-electron chi connectivity index (χ2n) is 5.26. The first-order valence-corrected chi connectivity index (χ1v) is 7.49. The highest BCUT2D eigenvalue weighted by Crippen LogP contribution is 2.26. The van der Waals surface area contributed by atoms with Gasteiger partial charge in [0, 0.05) is 12.0 Å². The van der Waals surface area contributed by atoms with E-state index in [9.17, 15) is 9.50 Å². The smallest absolute Gasteiger partial charge is 0.143 e. The molecule has 106 valence electrons. The van der Waals surface area contributed by atoms with Crippen LogP contribution in [-0.2, 0) is 6.42 Å². The van der Waals surface area contributed by atoms with Gasteiger partial charge >= 0.3 is 0 Å². The summed E-state index contributed by atoms with van der Waals surface area (Å²) in [6, 6.07) is 13.1. The Hall–Kier alpha value is -1.19. The van der Waals surface area contributed by atoms with Gasteiger partial charge in [0.15, 0.2) is 0 Å². The third-order valence-electron chi connectivity index (χ3n) is 3.42. The van der Waals surface area contributed by atoms with E-state index in [-0.39, 0.29) is 5.82 Å². The Morgan fingerprint density at radius 2 is 1.75 bits per heavy atom. The molecule has 0 aromatic heterocycles. The topological polar surface area (TPSA) is 20.2 Å². The fourth-order valence-corrected chi connectivity index (χ4v) is 2.53. The maximum atomic E-state index is 13.9. The van der Waals surface area contributed by atoms with E-state index < -0.39 is 6.10 Å². The maximum Gasteiger partial charge on any atom is 0.143 e. The molecule has 20 heavy (non-hydrogen) atoms. The fourth-order valence-electron chi connectivity index (χ4n) is 2.15. The first-order valence-electron chi connectivity index (χ1n) is 6.70. The number of hydrogen-bond donors (Lipinski definition) is 1. The molecular weight excluding hydrogens is 319 g/mol. The van der Waals surface area contributed by atoms with E-state index in [1.807, 2.05) is 12.1 Å². The van der Waals surface area contributed by atoms with Gasteiger partial charge in [0.1, 0.15) is 5.82 Å². The van der Waals surface area contributed by atoms with Crippen LogP contribution in [0.4, 0.5) is 4.39 Å². The Kier molecular flexibility index (Phi) is 4.95. The molecule has 0 fully saturated rings. The highest BCUT2D eigenvalue weighted by atomic mass is 79.9. The minimum Gasteiger partial charge on any atom is -0.388 e. The number of benzene rings is 2. The average molecular weight is 337 g/mol. The lowest BCUT2D eigenvalue weighted by Crippen LogP contribution is -2.05. The summed E-state index contributed by atoms with van der Waals surface area (Å²) in [6.07, 6.45) is -0.427. The Bertz CT molecular complexity index is 578. The summed E-state index contributed by atoms with van der Waals surface area (Å²) >= 11 is 3.14. The van der Waals surface area contributed by atoms with Crippen molar-refractivity contribution in [2.24, 2.45) is 0 Å². The van der Waals surface area contributed by atoms with Gasteiger partial charge in [0.05, 0.1) is 10.6 Å². The molecule has 1 nitrogen and oxygen atoms in total. The summed E-state index contributed by atoms with van der Waals surface area (Å²) in [7, 11) is 0. The van der Waals surface area contributed by atoms with Crippen molar-refractivity contribution in [2.75, 3.05) is 0 Å². The number of aliphatic hydroxyl groups excluding tert-OH is 1. The summed E-state index contributed by atoms with van der Waals surface area (Å²) in [5, 5.41) is 10.2. The van der Waals surface area contributed by atoms with Gasteiger partial charge < -0.3 is 5.11 Å². The molecule has 1 N–H and O–H groups in total. The van der Waals surface area contributed by atoms with E-state index in [1.165, 1.54) is 5.56 Å². The van der Waals surface area contributed by atoms with Crippen LogP contribution in [0, 0.1) is 5.82 Å². The molecule has 0 radical (unpaired) electrons. The molecule has 3 heteroatoms. The molecule has 2 aromatic rings. The van der Waals surface area contributed by atoms with E-state index >= 15 is 0 Å². The Morgan fingerprint density at radius 1 is 1.10 bits per heavy atom. The van der Waals surface area contributed by atoms with E-state index in [0.29, 0.717) is 22.4 Å². The zero-order valence-corrected chi connectivity index (χ0v) is 13.2. The van der Waals surface area contributed by atoms with Crippen LogP contribution >= 0.6 is 15.9 Å². The van der Waals surface area contributed by atoms with Gasteiger partial charge in [-0.1, -0.05) is 50.2 Å². The highest BCUT2D eigenvalue weighted by molar-refractivity contribution is 9.10. The minimum atomic E-state index is -0.836. The third-order valence-corrected chi connectivity index (χ3v) is 4.03. The van der Waals surface area contributed by atoms with Crippen molar-refractivity contribution in [2.45, 2.75) is 32.3 Å². The van der Waals surface area contributed by atoms with Gasteiger partial charge in [-0.2, -0.15) is 0 Å². The molecule has 1 atom stereocenters. The molecule has 0 aliphatic carbocycles. The monoisotopic (exact) mass is 336 g/mol. The van der Waals surface area contributed by atoms with Crippen LogP contribution in [-0.4, -0.2) is 5.11 Å². The summed E-state index contributed by atoms with van der Waals surface area (Å²) in [5.74, 6) is 0.0929. The zero-order valence-electron chi connectivity index (χ0n) is 11.6. The molecule has 2 aromatic carbocycles. The van der Waals surface area contributed by atoms with Crippen LogP contribution in [0.5, 0.6) is 0 Å². The van der Waals surface area contributed by atoms with Crippen molar-refractivity contribution in [3.8, 4) is 0 Å². The molecule has 0 amide bonds. The molecule has 0 heterocycles. The lowest BCUT2D eigenvalue weighted by Gasteiger charge is -2.13. The average Bonchev–Trinajstić information content (AvgIpc) is 2.42. The van der Waals surface area contributed by atoms with Crippen LogP contribution in [0.25, 0.3) is 0 Å². The Morgan fingerprint density at radius 3 is 2.35 bits per heavy atom. The second-order valence-corrected chi connectivity index (χ2v) is 6.11. The number of halogens is 2. The molecule has 0 bridgehead atoms. The molecule has 0 saturated carbocycles. The summed E-state index contributed by atoms with van der Waals surface area (Å²) in [4.78, 5) is 0. The summed E-state index contributed by atoms with van der Waals surface area (Å²) in [5.41, 5.74) is 2.59.